The average Bonchev–Trinajstić information content (AvgIpc) is 3.13. The van der Waals surface area contributed by atoms with Crippen LogP contribution in [0.2, 0.25) is 0 Å². The Kier molecular flexibility index (Phi) is 7.37. The van der Waals surface area contributed by atoms with Gasteiger partial charge in [0, 0.05) is 11.4 Å². The highest BCUT2D eigenvalue weighted by atomic mass is 32.1. The number of nitrogens with one attached hydrogen (secondary N) is 2. The quantitative estimate of drug-likeness (QED) is 0.663. The molecule has 0 fully saturated rings. The molecule has 1 atom stereocenters. The number of nitrogens with zero attached hydrogens (tertiary/aromatic N) is 1. The molecule has 1 heterocycles. The third-order valence-electron chi connectivity index (χ3n) is 3.89. The molecule has 0 radical (unpaired) electrons. The van der Waals surface area contributed by atoms with Crippen molar-refractivity contribution in [3.63, 3.8) is 0 Å². The van der Waals surface area contributed by atoms with Gasteiger partial charge in [0.25, 0.3) is 11.8 Å². The maximum Gasteiger partial charge on any atom is 0.279 e. The molecule has 0 saturated carbocycles. The van der Waals surface area contributed by atoms with Gasteiger partial charge < -0.3 is 15.1 Å². The fraction of sp³-hybridized carbons (Fsp3) is 0.333. The summed E-state index contributed by atoms with van der Waals surface area (Å²) in [5.74, 6) is -5.15. The second kappa shape index (κ2) is 9.52. The van der Waals surface area contributed by atoms with Crippen LogP contribution in [0.5, 0.6) is 0 Å². The van der Waals surface area contributed by atoms with Crippen LogP contribution in [0.3, 0.4) is 0 Å². The van der Waals surface area contributed by atoms with E-state index >= 15 is 0 Å². The van der Waals surface area contributed by atoms with E-state index in [0.29, 0.717) is 18.0 Å². The number of halogens is 3. The van der Waals surface area contributed by atoms with Crippen LogP contribution in [0, 0.1) is 17.5 Å². The van der Waals surface area contributed by atoms with Crippen LogP contribution in [0.1, 0.15) is 11.8 Å². The van der Waals surface area contributed by atoms with Crippen molar-refractivity contribution < 1.29 is 27.7 Å². The van der Waals surface area contributed by atoms with Gasteiger partial charge in [-0.05, 0) is 30.5 Å². The molecular formula is C18H21F3N3O2S+. The van der Waals surface area contributed by atoms with Crippen LogP contribution in [0.4, 0.5) is 18.9 Å². The Hall–Kier alpha value is -2.39. The zero-order valence-corrected chi connectivity index (χ0v) is 15.8. The summed E-state index contributed by atoms with van der Waals surface area (Å²) in [6.07, 6.45) is 0. The average molecular weight is 400 g/mol. The molecule has 0 spiro atoms. The number of quaternary nitrogens is 1. The molecule has 0 aliphatic rings. The second-order valence-electron chi connectivity index (χ2n) is 6.07. The van der Waals surface area contributed by atoms with Gasteiger partial charge in [-0.25, -0.2) is 13.2 Å². The minimum Gasteiger partial charge on any atom is -0.333 e. The summed E-state index contributed by atoms with van der Waals surface area (Å²) in [5.41, 5.74) is -0.439. The van der Waals surface area contributed by atoms with Crippen LogP contribution >= 0.6 is 11.3 Å². The molecule has 1 unspecified atom stereocenters. The van der Waals surface area contributed by atoms with E-state index in [1.807, 2.05) is 24.4 Å². The van der Waals surface area contributed by atoms with Gasteiger partial charge in [0.2, 0.25) is 0 Å². The smallest absolute Gasteiger partial charge is 0.279 e. The largest absolute Gasteiger partial charge is 0.333 e. The molecule has 0 aliphatic carbocycles. The number of amides is 2. The first-order valence-corrected chi connectivity index (χ1v) is 9.24. The number of carbonyl (C=O) groups excluding carboxylic acids is 2. The van der Waals surface area contributed by atoms with Crippen molar-refractivity contribution in [1.82, 2.24) is 4.90 Å². The summed E-state index contributed by atoms with van der Waals surface area (Å²) in [6, 6.07) is 5.54. The maximum atomic E-state index is 13.6. The minimum atomic E-state index is -1.64. The molecular weight excluding hydrogens is 379 g/mol. The van der Waals surface area contributed by atoms with E-state index in [9.17, 15) is 22.8 Å². The second-order valence-corrected chi connectivity index (χ2v) is 7.10. The molecule has 2 N–H and O–H groups in total. The minimum absolute atomic E-state index is 0.0763. The normalized spacial score (nSPS) is 11.9. The van der Waals surface area contributed by atoms with Crippen LogP contribution < -0.4 is 10.2 Å². The molecule has 2 amide bonds. The molecule has 0 saturated heterocycles. The summed E-state index contributed by atoms with van der Waals surface area (Å²) in [7, 11) is 1.65. The standard InChI is InChI=1S/C18H20F3N3O2S/c1-3-24(9-12-5-4-8-27-12)16(26)11-23(2)10-15(25)22-14-7-6-13(19)17(20)18(14)21/h4-8H,3,9-11H2,1-2H3,(H,22,25)/p+1. The zero-order chi connectivity index (χ0) is 20.0. The Morgan fingerprint density at radius 2 is 1.89 bits per heavy atom. The van der Waals surface area contributed by atoms with E-state index in [4.69, 9.17) is 0 Å². The molecule has 0 bridgehead atoms. The van der Waals surface area contributed by atoms with Crippen molar-refractivity contribution in [2.45, 2.75) is 13.5 Å². The first kappa shape index (κ1) is 20.9. The molecule has 1 aromatic carbocycles. The van der Waals surface area contributed by atoms with Gasteiger partial charge in [-0.1, -0.05) is 6.07 Å². The summed E-state index contributed by atoms with van der Waals surface area (Å²) >= 11 is 1.56. The van der Waals surface area contributed by atoms with Crippen molar-refractivity contribution in [2.24, 2.45) is 0 Å². The van der Waals surface area contributed by atoms with Crippen LogP contribution in [-0.2, 0) is 16.1 Å². The van der Waals surface area contributed by atoms with Crippen LogP contribution in [-0.4, -0.2) is 43.4 Å². The van der Waals surface area contributed by atoms with Crippen molar-refractivity contribution in [2.75, 3.05) is 32.0 Å². The van der Waals surface area contributed by atoms with Gasteiger partial charge in [0.1, 0.15) is 0 Å². The molecule has 1 aromatic heterocycles. The highest BCUT2D eigenvalue weighted by Crippen LogP contribution is 2.19. The fourth-order valence-electron chi connectivity index (χ4n) is 2.49. The first-order chi connectivity index (χ1) is 12.8. The lowest BCUT2D eigenvalue weighted by molar-refractivity contribution is -0.862. The van der Waals surface area contributed by atoms with Crippen LogP contribution in [0.25, 0.3) is 0 Å². The number of thiophene rings is 1. The Labute approximate surface area is 159 Å². The van der Waals surface area contributed by atoms with Gasteiger partial charge in [-0.3, -0.25) is 9.59 Å². The summed E-state index contributed by atoms with van der Waals surface area (Å²) in [6.45, 7) is 2.87. The van der Waals surface area contributed by atoms with E-state index in [2.05, 4.69) is 5.32 Å². The third-order valence-corrected chi connectivity index (χ3v) is 4.75. The topological polar surface area (TPSA) is 53.9 Å². The SMILES string of the molecule is CCN(Cc1cccs1)C(=O)C[NH+](C)CC(=O)Nc1ccc(F)c(F)c1F. The van der Waals surface area contributed by atoms with E-state index < -0.39 is 29.0 Å². The van der Waals surface area contributed by atoms with Gasteiger partial charge >= 0.3 is 0 Å². The predicted octanol–water partition coefficient (Wildman–Crippen LogP) is 1.67. The number of carbonyl (C=O) groups is 2. The third kappa shape index (κ3) is 5.80. The van der Waals surface area contributed by atoms with Crippen molar-refractivity contribution >= 4 is 28.8 Å². The van der Waals surface area contributed by atoms with Gasteiger partial charge in [-0.2, -0.15) is 0 Å². The summed E-state index contributed by atoms with van der Waals surface area (Å²) < 4.78 is 39.7. The van der Waals surface area contributed by atoms with Crippen molar-refractivity contribution in [1.29, 1.82) is 0 Å². The molecule has 2 rings (SSSR count). The maximum absolute atomic E-state index is 13.6. The Bertz CT molecular complexity index is 799. The number of hydrogen-bond acceptors (Lipinski definition) is 3. The monoisotopic (exact) mass is 400 g/mol. The number of likely N-dealkylation sites (N-methyl/N-ethyl adjacent to an activating group) is 2. The van der Waals surface area contributed by atoms with E-state index in [1.165, 1.54) is 0 Å². The van der Waals surface area contributed by atoms with Crippen LogP contribution in [0.15, 0.2) is 29.6 Å². The summed E-state index contributed by atoms with van der Waals surface area (Å²) in [5, 5.41) is 4.13. The first-order valence-electron chi connectivity index (χ1n) is 8.36. The number of anilines is 1. The molecule has 27 heavy (non-hydrogen) atoms. The molecule has 0 aliphatic heterocycles. The molecule has 146 valence electrons. The molecule has 5 nitrogen and oxygen atoms in total. The number of benzene rings is 1. The lowest BCUT2D eigenvalue weighted by Crippen LogP contribution is -3.11. The number of rotatable bonds is 8. The highest BCUT2D eigenvalue weighted by molar-refractivity contribution is 7.09. The predicted molar refractivity (Wildman–Crippen MR) is 97.0 cm³/mol. The summed E-state index contributed by atoms with van der Waals surface area (Å²) in [4.78, 5) is 27.8. The van der Waals surface area contributed by atoms with Crippen molar-refractivity contribution in [3.05, 3.63) is 52.0 Å². The lowest BCUT2D eigenvalue weighted by atomic mass is 10.2. The molecule has 9 heteroatoms. The number of hydrogen-bond donors (Lipinski definition) is 2. The van der Waals surface area contributed by atoms with E-state index in [1.54, 1.807) is 23.3 Å². The zero-order valence-electron chi connectivity index (χ0n) is 15.0. The highest BCUT2D eigenvalue weighted by Gasteiger charge is 2.21. The van der Waals surface area contributed by atoms with E-state index in [0.717, 1.165) is 17.0 Å². The lowest BCUT2D eigenvalue weighted by Gasteiger charge is -2.22. The van der Waals surface area contributed by atoms with E-state index in [-0.39, 0.29) is 19.0 Å². The Balaban J connectivity index is 1.88. The Morgan fingerprint density at radius 1 is 1.15 bits per heavy atom. The fourth-order valence-corrected chi connectivity index (χ4v) is 3.21. The van der Waals surface area contributed by atoms with Gasteiger partial charge in [0.05, 0.1) is 19.3 Å². The van der Waals surface area contributed by atoms with Gasteiger partial charge in [0.15, 0.2) is 30.5 Å². The Morgan fingerprint density at radius 3 is 2.52 bits per heavy atom. The molecule has 2 aromatic rings. The van der Waals surface area contributed by atoms with Crippen molar-refractivity contribution in [3.8, 4) is 0 Å². The van der Waals surface area contributed by atoms with Gasteiger partial charge in [-0.15, -0.1) is 11.3 Å².